The Morgan fingerprint density at radius 1 is 1.35 bits per heavy atom. The molecular formula is C15H18N2O3. The van der Waals surface area contributed by atoms with Crippen molar-refractivity contribution < 1.29 is 14.1 Å². The lowest BCUT2D eigenvalue weighted by Crippen LogP contribution is -2.14. The molecule has 1 heterocycles. The van der Waals surface area contributed by atoms with Gasteiger partial charge in [-0.2, -0.15) is 0 Å². The van der Waals surface area contributed by atoms with Crippen LogP contribution in [0, 0.1) is 13.8 Å². The maximum atomic E-state index is 12.3. The van der Waals surface area contributed by atoms with Crippen molar-refractivity contribution in [2.45, 2.75) is 27.2 Å². The van der Waals surface area contributed by atoms with E-state index in [4.69, 9.17) is 9.26 Å². The number of carbonyl (C=O) groups excluding carboxylic acids is 1. The number of hydrogen-bond donors (Lipinski definition) is 1. The van der Waals surface area contributed by atoms with Crippen LogP contribution in [0.2, 0.25) is 0 Å². The van der Waals surface area contributed by atoms with Gasteiger partial charge in [-0.3, -0.25) is 4.79 Å². The predicted molar refractivity (Wildman–Crippen MR) is 76.2 cm³/mol. The van der Waals surface area contributed by atoms with Gasteiger partial charge in [-0.25, -0.2) is 0 Å². The van der Waals surface area contributed by atoms with Crippen molar-refractivity contribution in [3.63, 3.8) is 0 Å². The first-order chi connectivity index (χ1) is 9.63. The highest BCUT2D eigenvalue weighted by atomic mass is 16.5. The standard InChI is InChI=1S/C15H18N2O3/c1-4-9-19-13-8-6-5-7-12(13)16-15(18)14-10(2)17-20-11(14)3/h5-8H,4,9H2,1-3H3,(H,16,18). The Morgan fingerprint density at radius 2 is 2.10 bits per heavy atom. The second-order valence-corrected chi connectivity index (χ2v) is 4.50. The van der Waals surface area contributed by atoms with Crippen molar-refractivity contribution >= 4 is 11.6 Å². The molecule has 5 heteroatoms. The highest BCUT2D eigenvalue weighted by Crippen LogP contribution is 2.25. The van der Waals surface area contributed by atoms with E-state index in [0.29, 0.717) is 35.1 Å². The van der Waals surface area contributed by atoms with E-state index in [1.54, 1.807) is 19.9 Å². The summed E-state index contributed by atoms with van der Waals surface area (Å²) in [7, 11) is 0. The minimum atomic E-state index is -0.242. The molecule has 5 nitrogen and oxygen atoms in total. The van der Waals surface area contributed by atoms with E-state index in [2.05, 4.69) is 10.5 Å². The number of hydrogen-bond acceptors (Lipinski definition) is 4. The molecule has 0 aliphatic rings. The first-order valence-electron chi connectivity index (χ1n) is 6.59. The molecule has 2 rings (SSSR count). The molecule has 0 saturated heterocycles. The summed E-state index contributed by atoms with van der Waals surface area (Å²) in [6.07, 6.45) is 0.909. The largest absolute Gasteiger partial charge is 0.491 e. The minimum absolute atomic E-state index is 0.242. The third-order valence-electron chi connectivity index (χ3n) is 2.86. The Bertz CT molecular complexity index is 585. The minimum Gasteiger partial charge on any atom is -0.491 e. The summed E-state index contributed by atoms with van der Waals surface area (Å²) >= 11 is 0. The van der Waals surface area contributed by atoms with Crippen molar-refractivity contribution in [3.05, 3.63) is 41.3 Å². The van der Waals surface area contributed by atoms with Crippen LogP contribution in [0.4, 0.5) is 5.69 Å². The fraction of sp³-hybridized carbons (Fsp3) is 0.333. The first-order valence-corrected chi connectivity index (χ1v) is 6.59. The number of anilines is 1. The molecule has 0 radical (unpaired) electrons. The van der Waals surface area contributed by atoms with Gasteiger partial charge in [-0.15, -0.1) is 0 Å². The smallest absolute Gasteiger partial charge is 0.261 e. The van der Waals surface area contributed by atoms with Crippen LogP contribution < -0.4 is 10.1 Å². The lowest BCUT2D eigenvalue weighted by Gasteiger charge is -2.11. The van der Waals surface area contributed by atoms with Gasteiger partial charge in [0.2, 0.25) is 0 Å². The zero-order chi connectivity index (χ0) is 14.5. The Balaban J connectivity index is 2.20. The highest BCUT2D eigenvalue weighted by Gasteiger charge is 2.18. The van der Waals surface area contributed by atoms with Gasteiger partial charge in [0.25, 0.3) is 5.91 Å². The zero-order valence-electron chi connectivity index (χ0n) is 11.9. The molecule has 0 unspecified atom stereocenters. The third kappa shape index (κ3) is 2.99. The molecule has 1 aromatic carbocycles. The number of ether oxygens (including phenoxy) is 1. The maximum Gasteiger partial charge on any atom is 0.261 e. The van der Waals surface area contributed by atoms with Crippen LogP contribution in [0.15, 0.2) is 28.8 Å². The molecule has 1 N–H and O–H groups in total. The van der Waals surface area contributed by atoms with Gasteiger partial charge in [0.1, 0.15) is 17.1 Å². The SMILES string of the molecule is CCCOc1ccccc1NC(=O)c1c(C)noc1C. The maximum absolute atomic E-state index is 12.3. The number of rotatable bonds is 5. The van der Waals surface area contributed by atoms with Gasteiger partial charge in [-0.05, 0) is 32.4 Å². The van der Waals surface area contributed by atoms with E-state index < -0.39 is 0 Å². The summed E-state index contributed by atoms with van der Waals surface area (Å²) in [5.41, 5.74) is 1.69. The fourth-order valence-electron chi connectivity index (χ4n) is 1.90. The molecule has 1 amide bonds. The summed E-state index contributed by atoms with van der Waals surface area (Å²) in [6.45, 7) is 6.10. The van der Waals surface area contributed by atoms with Crippen LogP contribution in [0.1, 0.15) is 35.2 Å². The van der Waals surface area contributed by atoms with Crippen molar-refractivity contribution in [2.24, 2.45) is 0 Å². The summed E-state index contributed by atoms with van der Waals surface area (Å²) in [4.78, 5) is 12.3. The van der Waals surface area contributed by atoms with Crippen LogP contribution in [0.25, 0.3) is 0 Å². The summed E-state index contributed by atoms with van der Waals surface area (Å²) in [5.74, 6) is 0.926. The van der Waals surface area contributed by atoms with Crippen molar-refractivity contribution in [2.75, 3.05) is 11.9 Å². The molecule has 0 atom stereocenters. The lowest BCUT2D eigenvalue weighted by atomic mass is 10.2. The van der Waals surface area contributed by atoms with Crippen LogP contribution in [-0.4, -0.2) is 17.7 Å². The average molecular weight is 274 g/mol. The molecular weight excluding hydrogens is 256 g/mol. The average Bonchev–Trinajstić information content (AvgIpc) is 2.77. The molecule has 20 heavy (non-hydrogen) atoms. The molecule has 1 aromatic heterocycles. The van der Waals surface area contributed by atoms with Crippen LogP contribution in [0.3, 0.4) is 0 Å². The van der Waals surface area contributed by atoms with Crippen molar-refractivity contribution in [3.8, 4) is 5.75 Å². The fourth-order valence-corrected chi connectivity index (χ4v) is 1.90. The van der Waals surface area contributed by atoms with E-state index in [9.17, 15) is 4.79 Å². The number of benzene rings is 1. The van der Waals surface area contributed by atoms with E-state index in [1.165, 1.54) is 0 Å². The quantitative estimate of drug-likeness (QED) is 0.908. The highest BCUT2D eigenvalue weighted by molar-refractivity contribution is 6.06. The Morgan fingerprint density at radius 3 is 2.75 bits per heavy atom. The third-order valence-corrected chi connectivity index (χ3v) is 2.86. The summed E-state index contributed by atoms with van der Waals surface area (Å²) in [5, 5.41) is 6.62. The van der Waals surface area contributed by atoms with Crippen molar-refractivity contribution in [1.29, 1.82) is 0 Å². The summed E-state index contributed by atoms with van der Waals surface area (Å²) < 4.78 is 10.6. The molecule has 0 saturated carbocycles. The number of aromatic nitrogens is 1. The molecule has 2 aromatic rings. The normalized spacial score (nSPS) is 10.3. The Labute approximate surface area is 117 Å². The van der Waals surface area contributed by atoms with Gasteiger partial charge >= 0.3 is 0 Å². The molecule has 0 bridgehead atoms. The van der Waals surface area contributed by atoms with Gasteiger partial charge in [0.15, 0.2) is 0 Å². The number of nitrogens with one attached hydrogen (secondary N) is 1. The number of nitrogens with zero attached hydrogens (tertiary/aromatic N) is 1. The number of para-hydroxylation sites is 2. The van der Waals surface area contributed by atoms with E-state index >= 15 is 0 Å². The van der Waals surface area contributed by atoms with Crippen LogP contribution in [-0.2, 0) is 0 Å². The van der Waals surface area contributed by atoms with E-state index in [0.717, 1.165) is 6.42 Å². The molecule has 0 aliphatic carbocycles. The van der Waals surface area contributed by atoms with Crippen LogP contribution in [0.5, 0.6) is 5.75 Å². The van der Waals surface area contributed by atoms with E-state index in [-0.39, 0.29) is 5.91 Å². The molecule has 0 fully saturated rings. The number of amides is 1. The molecule has 0 spiro atoms. The van der Waals surface area contributed by atoms with Gasteiger partial charge in [0.05, 0.1) is 18.0 Å². The first kappa shape index (κ1) is 14.1. The lowest BCUT2D eigenvalue weighted by molar-refractivity contribution is 0.102. The topological polar surface area (TPSA) is 64.4 Å². The molecule has 106 valence electrons. The summed E-state index contributed by atoms with van der Waals surface area (Å²) in [6, 6.07) is 7.36. The van der Waals surface area contributed by atoms with E-state index in [1.807, 2.05) is 25.1 Å². The second kappa shape index (κ2) is 6.23. The molecule has 0 aliphatic heterocycles. The van der Waals surface area contributed by atoms with Crippen LogP contribution >= 0.6 is 0 Å². The number of carbonyl (C=O) groups is 1. The van der Waals surface area contributed by atoms with Crippen molar-refractivity contribution in [1.82, 2.24) is 5.16 Å². The monoisotopic (exact) mass is 274 g/mol. The van der Waals surface area contributed by atoms with Gasteiger partial charge in [-0.1, -0.05) is 24.2 Å². The van der Waals surface area contributed by atoms with Gasteiger partial charge in [0, 0.05) is 0 Å². The predicted octanol–water partition coefficient (Wildman–Crippen LogP) is 3.33. The Kier molecular flexibility index (Phi) is 4.40. The van der Waals surface area contributed by atoms with Gasteiger partial charge < -0.3 is 14.6 Å². The second-order valence-electron chi connectivity index (χ2n) is 4.50. The number of aryl methyl sites for hydroxylation is 2. The zero-order valence-corrected chi connectivity index (χ0v) is 11.9. The Hall–Kier alpha value is -2.30.